The van der Waals surface area contributed by atoms with Gasteiger partial charge < -0.3 is 9.67 Å². The van der Waals surface area contributed by atoms with E-state index >= 15 is 0 Å². The molecule has 0 fully saturated rings. The number of benzene rings is 2. The van der Waals surface area contributed by atoms with Gasteiger partial charge in [-0.1, -0.05) is 35.9 Å². The fourth-order valence-electron chi connectivity index (χ4n) is 2.97. The molecule has 2 aromatic heterocycles. The van der Waals surface area contributed by atoms with E-state index in [4.69, 9.17) is 0 Å². The molecule has 0 aliphatic rings. The molecule has 2 heterocycles. The molecular formula is C22H19N5O. The van der Waals surface area contributed by atoms with E-state index in [0.717, 1.165) is 22.2 Å². The van der Waals surface area contributed by atoms with Crippen LogP contribution in [-0.4, -0.2) is 20.5 Å². The zero-order valence-corrected chi connectivity index (χ0v) is 15.6. The highest BCUT2D eigenvalue weighted by Gasteiger charge is 2.15. The number of nitrogens with zero attached hydrogens (tertiary/aromatic N) is 5. The van der Waals surface area contributed by atoms with Crippen LogP contribution in [0.5, 0.6) is 5.88 Å². The zero-order chi connectivity index (χ0) is 19.5. The summed E-state index contributed by atoms with van der Waals surface area (Å²) in [5.74, 6) is 0.431. The predicted octanol–water partition coefficient (Wildman–Crippen LogP) is 5.45. The summed E-state index contributed by atoms with van der Waals surface area (Å²) in [4.78, 5) is 8.92. The van der Waals surface area contributed by atoms with Crippen LogP contribution in [0.25, 0.3) is 10.9 Å². The van der Waals surface area contributed by atoms with Crippen LogP contribution in [-0.2, 0) is 7.05 Å². The first-order valence-corrected chi connectivity index (χ1v) is 8.88. The Balaban J connectivity index is 1.83. The normalized spacial score (nSPS) is 12.1. The topological polar surface area (TPSA) is 75.1 Å². The summed E-state index contributed by atoms with van der Waals surface area (Å²) >= 11 is 0. The van der Waals surface area contributed by atoms with E-state index in [1.165, 1.54) is 0 Å². The molecule has 0 aliphatic carbocycles. The Hall–Kier alpha value is -3.80. The summed E-state index contributed by atoms with van der Waals surface area (Å²) in [6, 6.07) is 21.0. The maximum atomic E-state index is 10.5. The molecule has 0 spiro atoms. The molecule has 138 valence electrons. The number of aliphatic imine (C=N–C) groups is 1. The average Bonchev–Trinajstić information content (AvgIpc) is 2.96. The quantitative estimate of drug-likeness (QED) is 0.296. The minimum Gasteiger partial charge on any atom is -0.493 e. The van der Waals surface area contributed by atoms with Crippen molar-refractivity contribution in [1.82, 2.24) is 9.55 Å². The molecule has 0 atom stereocenters. The molecule has 0 radical (unpaired) electrons. The van der Waals surface area contributed by atoms with Gasteiger partial charge in [0.1, 0.15) is 5.69 Å². The number of para-hydroxylation sites is 1. The lowest BCUT2D eigenvalue weighted by atomic mass is 10.1. The second-order valence-electron chi connectivity index (χ2n) is 6.44. The van der Waals surface area contributed by atoms with Crippen LogP contribution in [0.2, 0.25) is 0 Å². The number of hydrogen-bond donors (Lipinski definition) is 1. The van der Waals surface area contributed by atoms with Crippen LogP contribution in [0.1, 0.15) is 11.3 Å². The smallest absolute Gasteiger partial charge is 0.220 e. The summed E-state index contributed by atoms with van der Waals surface area (Å²) < 4.78 is 1.69. The third-order valence-electron chi connectivity index (χ3n) is 4.43. The molecule has 0 aliphatic heterocycles. The maximum absolute atomic E-state index is 10.5. The number of aromatic hydroxyl groups is 1. The number of azo groups is 1. The molecule has 28 heavy (non-hydrogen) atoms. The molecule has 0 bridgehead atoms. The van der Waals surface area contributed by atoms with Gasteiger partial charge in [0, 0.05) is 18.6 Å². The first-order valence-electron chi connectivity index (χ1n) is 8.88. The van der Waals surface area contributed by atoms with Crippen molar-refractivity contribution in [2.45, 2.75) is 6.92 Å². The Morgan fingerprint density at radius 3 is 2.54 bits per heavy atom. The van der Waals surface area contributed by atoms with Crippen LogP contribution in [0.4, 0.5) is 11.4 Å². The van der Waals surface area contributed by atoms with Gasteiger partial charge in [0.15, 0.2) is 5.69 Å². The van der Waals surface area contributed by atoms with Gasteiger partial charge in [-0.3, -0.25) is 4.98 Å². The summed E-state index contributed by atoms with van der Waals surface area (Å²) in [6.07, 6.45) is 1.68. The van der Waals surface area contributed by atoms with Gasteiger partial charge in [0.05, 0.1) is 11.2 Å². The van der Waals surface area contributed by atoms with Crippen molar-refractivity contribution in [3.63, 3.8) is 0 Å². The van der Waals surface area contributed by atoms with Gasteiger partial charge in [-0.15, -0.1) is 10.2 Å². The molecule has 0 amide bonds. The van der Waals surface area contributed by atoms with Crippen molar-refractivity contribution in [2.75, 3.05) is 0 Å². The molecule has 0 saturated carbocycles. The second kappa shape index (κ2) is 7.44. The Kier molecular flexibility index (Phi) is 4.68. The fourth-order valence-corrected chi connectivity index (χ4v) is 2.97. The van der Waals surface area contributed by atoms with Gasteiger partial charge in [-0.2, -0.15) is 0 Å². The van der Waals surface area contributed by atoms with Gasteiger partial charge in [0.2, 0.25) is 11.7 Å². The molecule has 0 saturated heterocycles. The van der Waals surface area contributed by atoms with Gasteiger partial charge >= 0.3 is 0 Å². The standard InChI is InChI=1S/C22H19N5O/c1-15-11-12-19-17(14-15)20(22(28)27(19)2)25-26-21(18-10-6-7-13-23-18)24-16-8-4-3-5-9-16/h3-14,28H,1-2H3. The van der Waals surface area contributed by atoms with Crippen molar-refractivity contribution in [3.05, 3.63) is 84.2 Å². The van der Waals surface area contributed by atoms with Crippen molar-refractivity contribution in [3.8, 4) is 5.88 Å². The van der Waals surface area contributed by atoms with E-state index < -0.39 is 0 Å². The summed E-state index contributed by atoms with van der Waals surface area (Å²) in [6.45, 7) is 2.00. The summed E-state index contributed by atoms with van der Waals surface area (Å²) in [7, 11) is 1.80. The fraction of sp³-hybridized carbons (Fsp3) is 0.0909. The summed E-state index contributed by atoms with van der Waals surface area (Å²) in [5, 5.41) is 20.1. The second-order valence-corrected chi connectivity index (χ2v) is 6.44. The van der Waals surface area contributed by atoms with Crippen LogP contribution in [0, 0.1) is 6.92 Å². The number of aromatic nitrogens is 2. The van der Waals surface area contributed by atoms with Gasteiger partial charge in [-0.05, 0) is 43.3 Å². The molecule has 4 rings (SSSR count). The lowest BCUT2D eigenvalue weighted by Gasteiger charge is -2.00. The Morgan fingerprint density at radius 1 is 1.00 bits per heavy atom. The van der Waals surface area contributed by atoms with E-state index in [1.807, 2.05) is 73.7 Å². The number of aryl methyl sites for hydroxylation is 2. The molecular weight excluding hydrogens is 350 g/mol. The van der Waals surface area contributed by atoms with Crippen LogP contribution in [0.3, 0.4) is 0 Å². The Morgan fingerprint density at radius 2 is 1.79 bits per heavy atom. The highest BCUT2D eigenvalue weighted by atomic mass is 16.3. The number of rotatable bonds is 3. The third kappa shape index (κ3) is 3.40. The lowest BCUT2D eigenvalue weighted by molar-refractivity contribution is 0.436. The first-order chi connectivity index (χ1) is 13.6. The zero-order valence-electron chi connectivity index (χ0n) is 15.6. The predicted molar refractivity (Wildman–Crippen MR) is 111 cm³/mol. The van der Waals surface area contributed by atoms with Crippen molar-refractivity contribution in [2.24, 2.45) is 22.3 Å². The van der Waals surface area contributed by atoms with E-state index in [9.17, 15) is 5.11 Å². The van der Waals surface area contributed by atoms with Crippen LogP contribution in [0.15, 0.2) is 88.1 Å². The van der Waals surface area contributed by atoms with Crippen LogP contribution < -0.4 is 0 Å². The van der Waals surface area contributed by atoms with Gasteiger partial charge in [-0.25, -0.2) is 4.99 Å². The third-order valence-corrected chi connectivity index (χ3v) is 4.43. The van der Waals surface area contributed by atoms with E-state index in [-0.39, 0.29) is 5.88 Å². The Labute approximate surface area is 162 Å². The van der Waals surface area contributed by atoms with Crippen molar-refractivity contribution in [1.29, 1.82) is 0 Å². The number of fused-ring (bicyclic) bond motifs is 1. The lowest BCUT2D eigenvalue weighted by Crippen LogP contribution is -1.98. The van der Waals surface area contributed by atoms with Crippen molar-refractivity contribution < 1.29 is 5.11 Å². The maximum Gasteiger partial charge on any atom is 0.220 e. The minimum atomic E-state index is 0.0597. The monoisotopic (exact) mass is 369 g/mol. The number of amidine groups is 1. The van der Waals surface area contributed by atoms with E-state index in [2.05, 4.69) is 20.2 Å². The summed E-state index contributed by atoms with van der Waals surface area (Å²) in [5.41, 5.74) is 3.73. The highest BCUT2D eigenvalue weighted by molar-refractivity contribution is 6.00. The molecule has 0 unspecified atom stereocenters. The van der Waals surface area contributed by atoms with E-state index in [0.29, 0.717) is 17.2 Å². The van der Waals surface area contributed by atoms with Crippen molar-refractivity contribution >= 4 is 28.1 Å². The first kappa shape index (κ1) is 17.6. The molecule has 2 aromatic carbocycles. The van der Waals surface area contributed by atoms with Crippen LogP contribution >= 0.6 is 0 Å². The van der Waals surface area contributed by atoms with E-state index in [1.54, 1.807) is 17.8 Å². The average molecular weight is 369 g/mol. The minimum absolute atomic E-state index is 0.0597. The molecule has 4 aromatic rings. The van der Waals surface area contributed by atoms with Gasteiger partial charge in [0.25, 0.3) is 0 Å². The highest BCUT2D eigenvalue weighted by Crippen LogP contribution is 2.38. The molecule has 6 nitrogen and oxygen atoms in total. The molecule has 1 N–H and O–H groups in total. The molecule has 6 heteroatoms. The largest absolute Gasteiger partial charge is 0.493 e. The Bertz CT molecular complexity index is 1180. The SMILES string of the molecule is Cc1ccc2c(c1)c(N=NC(=Nc1ccccc1)c1ccccn1)c(O)n2C. The number of hydrogen-bond acceptors (Lipinski definition) is 4. The number of pyridine rings is 1.